The molecule has 0 N–H and O–H groups in total. The van der Waals surface area contributed by atoms with E-state index in [-0.39, 0.29) is 31.1 Å². The van der Waals surface area contributed by atoms with Crippen molar-refractivity contribution in [1.82, 2.24) is 0 Å². The smallest absolute Gasteiger partial charge is 0.306 e. The summed E-state index contributed by atoms with van der Waals surface area (Å²) < 4.78 is 16.9. The fourth-order valence-electron chi connectivity index (χ4n) is 9.65. The summed E-state index contributed by atoms with van der Waals surface area (Å²) in [7, 11) is 0. The van der Waals surface area contributed by atoms with E-state index >= 15 is 0 Å². The maximum absolute atomic E-state index is 12.9. The predicted octanol–water partition coefficient (Wildman–Crippen LogP) is 22.3. The van der Waals surface area contributed by atoms with E-state index in [4.69, 9.17) is 14.2 Å². The van der Waals surface area contributed by atoms with Gasteiger partial charge in [0.1, 0.15) is 13.2 Å². The summed E-state index contributed by atoms with van der Waals surface area (Å²) in [6, 6.07) is 0. The van der Waals surface area contributed by atoms with Crippen molar-refractivity contribution in [1.29, 1.82) is 0 Å². The van der Waals surface area contributed by atoms with Gasteiger partial charge in [0.25, 0.3) is 0 Å². The molecule has 0 heterocycles. The summed E-state index contributed by atoms with van der Waals surface area (Å²) >= 11 is 0. The molecule has 0 rings (SSSR count). The molecular weight excluding hydrogens is 925 g/mol. The molecule has 0 saturated heterocycles. The first-order valence-corrected chi connectivity index (χ1v) is 32.8. The zero-order valence-corrected chi connectivity index (χ0v) is 50.1. The Morgan fingerprint density at radius 3 is 0.813 bits per heavy atom. The van der Waals surface area contributed by atoms with E-state index in [0.29, 0.717) is 19.3 Å². The van der Waals surface area contributed by atoms with Crippen molar-refractivity contribution in [3.05, 3.63) is 60.8 Å². The first kappa shape index (κ1) is 72.1. The molecule has 0 amide bonds. The van der Waals surface area contributed by atoms with Crippen molar-refractivity contribution in [2.24, 2.45) is 0 Å². The van der Waals surface area contributed by atoms with Gasteiger partial charge in [0.15, 0.2) is 6.10 Å². The van der Waals surface area contributed by atoms with Crippen LogP contribution in [0.2, 0.25) is 0 Å². The second-order valence-corrected chi connectivity index (χ2v) is 22.0. The molecule has 0 aromatic heterocycles. The van der Waals surface area contributed by atoms with Gasteiger partial charge in [0.2, 0.25) is 0 Å². The molecule has 1 unspecified atom stereocenters. The van der Waals surface area contributed by atoms with E-state index in [1.807, 2.05) is 0 Å². The number of allylic oxidation sites excluding steroid dienone is 10. The minimum Gasteiger partial charge on any atom is -0.462 e. The summed E-state index contributed by atoms with van der Waals surface area (Å²) in [5.41, 5.74) is 0. The molecule has 0 aliphatic heterocycles. The maximum atomic E-state index is 12.9. The summed E-state index contributed by atoms with van der Waals surface area (Å²) in [6.45, 7) is 6.55. The van der Waals surface area contributed by atoms with Gasteiger partial charge in [0.05, 0.1) is 0 Å². The molecule has 75 heavy (non-hydrogen) atoms. The van der Waals surface area contributed by atoms with Gasteiger partial charge in [0, 0.05) is 19.3 Å². The Balaban J connectivity index is 4.18. The van der Waals surface area contributed by atoms with Crippen LogP contribution in [0, 0.1) is 0 Å². The van der Waals surface area contributed by atoms with Gasteiger partial charge in [-0.2, -0.15) is 0 Å². The van der Waals surface area contributed by atoms with Crippen LogP contribution in [0.4, 0.5) is 0 Å². The SMILES string of the molecule is CC/C=C\C/C=C\C/C=C\C/C=C\C/C=C\CCCCCCCCCCCC(=O)OCC(COC(=O)CCCCCCCCCCC)OC(=O)CCCCCCCCCCCCCCCCCCCCCCCCC. The highest BCUT2D eigenvalue weighted by atomic mass is 16.6. The van der Waals surface area contributed by atoms with Crippen molar-refractivity contribution in [2.75, 3.05) is 13.2 Å². The van der Waals surface area contributed by atoms with Crippen LogP contribution < -0.4 is 0 Å². The topological polar surface area (TPSA) is 78.9 Å². The minimum absolute atomic E-state index is 0.0714. The largest absolute Gasteiger partial charge is 0.462 e. The average molecular weight is 1050 g/mol. The van der Waals surface area contributed by atoms with Crippen LogP contribution in [0.15, 0.2) is 60.8 Å². The molecule has 0 aliphatic carbocycles. The Bertz CT molecular complexity index is 1340. The van der Waals surface area contributed by atoms with Gasteiger partial charge in [-0.05, 0) is 64.2 Å². The molecule has 0 aliphatic rings. The fourth-order valence-corrected chi connectivity index (χ4v) is 9.65. The number of unbranched alkanes of at least 4 members (excludes halogenated alkanes) is 39. The van der Waals surface area contributed by atoms with Crippen molar-refractivity contribution in [3.8, 4) is 0 Å². The second kappa shape index (κ2) is 63.6. The highest BCUT2D eigenvalue weighted by Gasteiger charge is 2.19. The van der Waals surface area contributed by atoms with Crippen LogP contribution in [0.3, 0.4) is 0 Å². The normalized spacial score (nSPS) is 12.4. The quantitative estimate of drug-likeness (QED) is 0.0261. The van der Waals surface area contributed by atoms with Gasteiger partial charge < -0.3 is 14.2 Å². The van der Waals surface area contributed by atoms with E-state index in [1.54, 1.807) is 0 Å². The number of carbonyl (C=O) groups excluding carboxylic acids is 3. The zero-order chi connectivity index (χ0) is 54.3. The lowest BCUT2D eigenvalue weighted by Gasteiger charge is -2.18. The van der Waals surface area contributed by atoms with Gasteiger partial charge in [-0.25, -0.2) is 0 Å². The van der Waals surface area contributed by atoms with Gasteiger partial charge >= 0.3 is 17.9 Å². The number of rotatable bonds is 60. The molecule has 0 aromatic rings. The van der Waals surface area contributed by atoms with E-state index in [1.165, 1.54) is 205 Å². The number of esters is 3. The summed E-state index contributed by atoms with van der Waals surface area (Å²) in [6.07, 6.45) is 81.0. The van der Waals surface area contributed by atoms with E-state index in [0.717, 1.165) is 96.3 Å². The molecule has 0 bridgehead atoms. The fraction of sp³-hybridized carbons (Fsp3) is 0.812. The Kier molecular flexibility index (Phi) is 61.2. The van der Waals surface area contributed by atoms with Crippen LogP contribution in [0.5, 0.6) is 0 Å². The molecule has 6 nitrogen and oxygen atoms in total. The minimum atomic E-state index is -0.773. The molecule has 0 aromatic carbocycles. The van der Waals surface area contributed by atoms with E-state index in [2.05, 4.69) is 81.5 Å². The van der Waals surface area contributed by atoms with E-state index < -0.39 is 6.10 Å². The van der Waals surface area contributed by atoms with Crippen LogP contribution >= 0.6 is 0 Å². The third-order valence-electron chi connectivity index (χ3n) is 14.5. The third-order valence-corrected chi connectivity index (χ3v) is 14.5. The highest BCUT2D eigenvalue weighted by molar-refractivity contribution is 5.71. The molecule has 6 heteroatoms. The lowest BCUT2D eigenvalue weighted by molar-refractivity contribution is -0.167. The molecule has 0 saturated carbocycles. The summed E-state index contributed by atoms with van der Waals surface area (Å²) in [4.78, 5) is 38.2. The summed E-state index contributed by atoms with van der Waals surface area (Å²) in [5.74, 6) is -0.860. The standard InChI is InChI=1S/C69H124O6/c1-4-7-10-13-16-19-21-23-25-27-29-31-33-34-36-37-39-41-43-45-47-50-53-56-59-62-68(71)74-65-66(64-73-67(70)61-58-55-52-49-18-15-12-9-6-3)75-69(72)63-60-57-54-51-48-46-44-42-40-38-35-32-30-28-26-24-22-20-17-14-11-8-5-2/h7,10,16,19,23,25,29,31,34,36,66H,4-6,8-9,11-15,17-18,20-22,24,26-28,30,32-33,35,37-65H2,1-3H3/b10-7-,19-16-,25-23-,31-29-,36-34-. The number of hydrogen-bond acceptors (Lipinski definition) is 6. The molecular formula is C69H124O6. The van der Waals surface area contributed by atoms with E-state index in [9.17, 15) is 14.4 Å². The predicted molar refractivity (Wildman–Crippen MR) is 325 cm³/mol. The van der Waals surface area contributed by atoms with Crippen LogP contribution in [0.25, 0.3) is 0 Å². The van der Waals surface area contributed by atoms with Crippen LogP contribution in [-0.4, -0.2) is 37.2 Å². The first-order chi connectivity index (χ1) is 37.0. The Labute approximate surface area is 466 Å². The van der Waals surface area contributed by atoms with Crippen LogP contribution in [0.1, 0.15) is 342 Å². The number of ether oxygens (including phenoxy) is 3. The number of hydrogen-bond donors (Lipinski definition) is 0. The van der Waals surface area contributed by atoms with Crippen molar-refractivity contribution >= 4 is 17.9 Å². The van der Waals surface area contributed by atoms with Crippen molar-refractivity contribution in [3.63, 3.8) is 0 Å². The lowest BCUT2D eigenvalue weighted by Crippen LogP contribution is -2.30. The van der Waals surface area contributed by atoms with Gasteiger partial charge in [-0.15, -0.1) is 0 Å². The monoisotopic (exact) mass is 1050 g/mol. The van der Waals surface area contributed by atoms with Gasteiger partial charge in [-0.1, -0.05) is 319 Å². The maximum Gasteiger partial charge on any atom is 0.306 e. The second-order valence-electron chi connectivity index (χ2n) is 22.0. The molecule has 0 radical (unpaired) electrons. The van der Waals surface area contributed by atoms with Crippen LogP contribution in [-0.2, 0) is 28.6 Å². The Morgan fingerprint density at radius 2 is 0.520 bits per heavy atom. The molecule has 0 fully saturated rings. The third kappa shape index (κ3) is 61.8. The Hall–Kier alpha value is -2.89. The first-order valence-electron chi connectivity index (χ1n) is 32.8. The average Bonchev–Trinajstić information content (AvgIpc) is 3.41. The Morgan fingerprint density at radius 1 is 0.280 bits per heavy atom. The van der Waals surface area contributed by atoms with Crippen molar-refractivity contribution < 1.29 is 28.6 Å². The summed E-state index contributed by atoms with van der Waals surface area (Å²) in [5, 5.41) is 0. The lowest BCUT2D eigenvalue weighted by atomic mass is 10.0. The zero-order valence-electron chi connectivity index (χ0n) is 50.1. The number of carbonyl (C=O) groups is 3. The molecule has 436 valence electrons. The highest BCUT2D eigenvalue weighted by Crippen LogP contribution is 2.18. The van der Waals surface area contributed by atoms with Gasteiger partial charge in [-0.3, -0.25) is 14.4 Å². The molecule has 0 spiro atoms. The van der Waals surface area contributed by atoms with Crippen molar-refractivity contribution in [2.45, 2.75) is 348 Å². The molecule has 1 atom stereocenters.